The number of carbonyl (C=O) groups excluding carboxylic acids is 1. The molecule has 2 unspecified atom stereocenters. The molecule has 1 aromatic rings. The van der Waals surface area contributed by atoms with Crippen molar-refractivity contribution in [3.63, 3.8) is 0 Å². The minimum atomic E-state index is -0.698. The Morgan fingerprint density at radius 3 is 3.15 bits per heavy atom. The molecule has 0 spiro atoms. The van der Waals surface area contributed by atoms with Crippen LogP contribution in [0, 0.1) is 0 Å². The van der Waals surface area contributed by atoms with Crippen molar-refractivity contribution in [2.45, 2.75) is 25.0 Å². The lowest BCUT2D eigenvalue weighted by Gasteiger charge is -2.16. The van der Waals surface area contributed by atoms with Crippen LogP contribution in [0.25, 0.3) is 0 Å². The van der Waals surface area contributed by atoms with Gasteiger partial charge in [0.15, 0.2) is 0 Å². The molecule has 6 heteroatoms. The zero-order valence-electron chi connectivity index (χ0n) is 11.4. The molecule has 1 aromatic carbocycles. The Morgan fingerprint density at radius 1 is 1.60 bits per heavy atom. The Hall–Kier alpha value is -1.30. The van der Waals surface area contributed by atoms with Gasteiger partial charge in [-0.25, -0.2) is 4.79 Å². The molecule has 0 aromatic heterocycles. The number of aliphatic hydroxyl groups excluding tert-OH is 1. The van der Waals surface area contributed by atoms with Crippen LogP contribution in [0.2, 0.25) is 5.02 Å². The number of halogens is 1. The summed E-state index contributed by atoms with van der Waals surface area (Å²) in [6.45, 7) is 0.358. The largest absolute Gasteiger partial charge is 0.389 e. The number of urea groups is 1. The molecule has 0 aliphatic heterocycles. The molecule has 0 fully saturated rings. The van der Waals surface area contributed by atoms with Crippen molar-refractivity contribution >= 4 is 17.6 Å². The van der Waals surface area contributed by atoms with E-state index in [9.17, 15) is 9.90 Å². The highest BCUT2D eigenvalue weighted by atomic mass is 35.5. The number of amides is 2. The van der Waals surface area contributed by atoms with Crippen molar-refractivity contribution in [2.24, 2.45) is 0 Å². The summed E-state index contributed by atoms with van der Waals surface area (Å²) in [5.41, 5.74) is 2.18. The van der Waals surface area contributed by atoms with Gasteiger partial charge in [-0.3, -0.25) is 0 Å². The summed E-state index contributed by atoms with van der Waals surface area (Å²) in [5, 5.41) is 15.7. The second-order valence-electron chi connectivity index (χ2n) is 4.86. The van der Waals surface area contributed by atoms with Gasteiger partial charge >= 0.3 is 6.03 Å². The molecule has 0 saturated carbocycles. The first-order valence-electron chi connectivity index (χ1n) is 6.60. The van der Waals surface area contributed by atoms with E-state index in [4.69, 9.17) is 16.3 Å². The van der Waals surface area contributed by atoms with Crippen molar-refractivity contribution in [1.29, 1.82) is 0 Å². The molecule has 2 atom stereocenters. The molecule has 1 aliphatic rings. The molecule has 0 radical (unpaired) electrons. The molecule has 0 saturated heterocycles. The summed E-state index contributed by atoms with van der Waals surface area (Å²) in [6.07, 6.45) is 1.01. The zero-order chi connectivity index (χ0) is 14.5. The first kappa shape index (κ1) is 15.1. The Kier molecular flexibility index (Phi) is 5.23. The number of hydrogen-bond acceptors (Lipinski definition) is 3. The van der Waals surface area contributed by atoms with E-state index in [1.165, 1.54) is 7.11 Å². The van der Waals surface area contributed by atoms with E-state index in [2.05, 4.69) is 10.6 Å². The Bertz CT molecular complexity index is 481. The first-order valence-corrected chi connectivity index (χ1v) is 6.98. The van der Waals surface area contributed by atoms with Gasteiger partial charge in [0.25, 0.3) is 0 Å². The van der Waals surface area contributed by atoms with Crippen LogP contribution in [0.15, 0.2) is 18.2 Å². The second kappa shape index (κ2) is 6.92. The number of hydrogen-bond donors (Lipinski definition) is 3. The lowest BCUT2D eigenvalue weighted by molar-refractivity contribution is 0.0659. The standard InChI is InChI=1S/C14H19ClN2O3/c1-20-8-9(18)7-16-14(19)17-13-6-5-10-11(13)3-2-4-12(10)15/h2-4,9,13,18H,5-8H2,1H3,(H2,16,17,19). The molecule has 110 valence electrons. The highest BCUT2D eigenvalue weighted by Gasteiger charge is 2.25. The normalized spacial score (nSPS) is 18.4. The highest BCUT2D eigenvalue weighted by molar-refractivity contribution is 6.31. The van der Waals surface area contributed by atoms with Gasteiger partial charge in [0.1, 0.15) is 0 Å². The fraction of sp³-hybridized carbons (Fsp3) is 0.500. The van der Waals surface area contributed by atoms with Crippen LogP contribution in [0.4, 0.5) is 4.79 Å². The van der Waals surface area contributed by atoms with Crippen LogP contribution in [0.3, 0.4) is 0 Å². The van der Waals surface area contributed by atoms with Gasteiger partial charge in [-0.05, 0) is 30.0 Å². The second-order valence-corrected chi connectivity index (χ2v) is 5.27. The third-order valence-electron chi connectivity index (χ3n) is 3.38. The van der Waals surface area contributed by atoms with Gasteiger partial charge in [0.2, 0.25) is 0 Å². The molecular formula is C14H19ClN2O3. The topological polar surface area (TPSA) is 70.6 Å². The summed E-state index contributed by atoms with van der Waals surface area (Å²) in [5.74, 6) is 0. The van der Waals surface area contributed by atoms with Crippen molar-refractivity contribution < 1.29 is 14.6 Å². The average molecular weight is 299 g/mol. The molecular weight excluding hydrogens is 280 g/mol. The van der Waals surface area contributed by atoms with Crippen molar-refractivity contribution in [3.8, 4) is 0 Å². The van der Waals surface area contributed by atoms with E-state index in [0.717, 1.165) is 29.0 Å². The monoisotopic (exact) mass is 298 g/mol. The summed E-state index contributed by atoms with van der Waals surface area (Å²) < 4.78 is 4.79. The number of ether oxygens (including phenoxy) is 1. The highest BCUT2D eigenvalue weighted by Crippen LogP contribution is 2.35. The number of fused-ring (bicyclic) bond motifs is 1. The number of benzene rings is 1. The van der Waals surface area contributed by atoms with E-state index in [1.807, 2.05) is 18.2 Å². The number of rotatable bonds is 5. The summed E-state index contributed by atoms with van der Waals surface area (Å²) in [6, 6.07) is 5.42. The summed E-state index contributed by atoms with van der Waals surface area (Å²) in [7, 11) is 1.50. The smallest absolute Gasteiger partial charge is 0.315 e. The molecule has 2 rings (SSSR count). The van der Waals surface area contributed by atoms with Crippen LogP contribution in [-0.4, -0.2) is 37.5 Å². The third kappa shape index (κ3) is 3.62. The average Bonchev–Trinajstić information content (AvgIpc) is 2.82. The van der Waals surface area contributed by atoms with E-state index in [-0.39, 0.29) is 25.2 Å². The van der Waals surface area contributed by atoms with Gasteiger partial charge in [0, 0.05) is 18.7 Å². The summed E-state index contributed by atoms with van der Waals surface area (Å²) >= 11 is 6.13. The van der Waals surface area contributed by atoms with Gasteiger partial charge in [-0.15, -0.1) is 0 Å². The van der Waals surface area contributed by atoms with E-state index < -0.39 is 6.10 Å². The predicted molar refractivity (Wildman–Crippen MR) is 76.9 cm³/mol. The zero-order valence-corrected chi connectivity index (χ0v) is 12.1. The Balaban J connectivity index is 1.87. The van der Waals surface area contributed by atoms with Crippen LogP contribution < -0.4 is 10.6 Å². The molecule has 0 bridgehead atoms. The van der Waals surface area contributed by atoms with Crippen LogP contribution in [0.1, 0.15) is 23.6 Å². The van der Waals surface area contributed by atoms with Gasteiger partial charge in [-0.2, -0.15) is 0 Å². The minimum Gasteiger partial charge on any atom is -0.389 e. The first-order chi connectivity index (χ1) is 9.61. The van der Waals surface area contributed by atoms with E-state index in [0.29, 0.717) is 0 Å². The SMILES string of the molecule is COCC(O)CNC(=O)NC1CCc2c(Cl)cccc21. The van der Waals surface area contributed by atoms with Crippen LogP contribution in [0.5, 0.6) is 0 Å². The van der Waals surface area contributed by atoms with Crippen LogP contribution >= 0.6 is 11.6 Å². The lowest BCUT2D eigenvalue weighted by Crippen LogP contribution is -2.41. The van der Waals surface area contributed by atoms with E-state index in [1.54, 1.807) is 0 Å². The minimum absolute atomic E-state index is 0.0248. The van der Waals surface area contributed by atoms with E-state index >= 15 is 0 Å². The maximum atomic E-state index is 11.8. The molecule has 2 amide bonds. The van der Waals surface area contributed by atoms with Crippen LogP contribution in [-0.2, 0) is 11.2 Å². The number of carbonyl (C=O) groups is 1. The maximum absolute atomic E-state index is 11.8. The number of methoxy groups -OCH3 is 1. The van der Waals surface area contributed by atoms with Gasteiger partial charge in [0.05, 0.1) is 18.8 Å². The Labute approximate surface area is 123 Å². The van der Waals surface area contributed by atoms with Crippen molar-refractivity contribution in [1.82, 2.24) is 10.6 Å². The van der Waals surface area contributed by atoms with Crippen molar-refractivity contribution in [2.75, 3.05) is 20.3 Å². The third-order valence-corrected chi connectivity index (χ3v) is 3.73. The molecule has 0 heterocycles. The fourth-order valence-electron chi connectivity index (χ4n) is 2.43. The lowest BCUT2D eigenvalue weighted by atomic mass is 10.1. The molecule has 5 nitrogen and oxygen atoms in total. The molecule has 3 N–H and O–H groups in total. The molecule has 20 heavy (non-hydrogen) atoms. The van der Waals surface area contributed by atoms with Crippen molar-refractivity contribution in [3.05, 3.63) is 34.3 Å². The molecule has 1 aliphatic carbocycles. The predicted octanol–water partition coefficient (Wildman–Crippen LogP) is 1.63. The van der Waals surface area contributed by atoms with Gasteiger partial charge in [-0.1, -0.05) is 23.7 Å². The van der Waals surface area contributed by atoms with Gasteiger partial charge < -0.3 is 20.5 Å². The number of nitrogens with one attached hydrogen (secondary N) is 2. The summed E-state index contributed by atoms with van der Waals surface area (Å²) in [4.78, 5) is 11.8. The Morgan fingerprint density at radius 2 is 2.40 bits per heavy atom. The number of aliphatic hydroxyl groups is 1. The maximum Gasteiger partial charge on any atom is 0.315 e. The fourth-order valence-corrected chi connectivity index (χ4v) is 2.71. The quantitative estimate of drug-likeness (QED) is 0.774.